The van der Waals surface area contributed by atoms with Crippen LogP contribution in [-0.4, -0.2) is 12.0 Å². The summed E-state index contributed by atoms with van der Waals surface area (Å²) in [6.45, 7) is 4.02. The summed E-state index contributed by atoms with van der Waals surface area (Å²) in [5.41, 5.74) is 4.38. The Labute approximate surface area is 113 Å². The molecule has 1 atom stereocenters. The first kappa shape index (κ1) is 13.1. The lowest BCUT2D eigenvalue weighted by atomic mass is 9.99. The molecular weight excluding hydrogens is 244 g/mol. The lowest BCUT2D eigenvalue weighted by Crippen LogP contribution is -2.18. The van der Waals surface area contributed by atoms with Gasteiger partial charge in [-0.15, -0.1) is 0 Å². The maximum atomic E-state index is 6.32. The van der Waals surface area contributed by atoms with Gasteiger partial charge in [-0.3, -0.25) is 4.98 Å². The molecule has 18 heavy (non-hydrogen) atoms. The summed E-state index contributed by atoms with van der Waals surface area (Å²) in [4.78, 5) is 4.34. The van der Waals surface area contributed by atoms with Gasteiger partial charge >= 0.3 is 0 Å². The van der Waals surface area contributed by atoms with Crippen molar-refractivity contribution < 1.29 is 0 Å². The van der Waals surface area contributed by atoms with Gasteiger partial charge < -0.3 is 5.32 Å². The number of aryl methyl sites for hydroxylation is 2. The number of nitrogens with zero attached hydrogens (tertiary/aromatic N) is 1. The van der Waals surface area contributed by atoms with E-state index in [1.54, 1.807) is 0 Å². The van der Waals surface area contributed by atoms with Gasteiger partial charge in [0.25, 0.3) is 0 Å². The highest BCUT2D eigenvalue weighted by Crippen LogP contribution is 2.28. The summed E-state index contributed by atoms with van der Waals surface area (Å²) in [6.07, 6.45) is 1.90. The molecule has 0 bridgehead atoms. The third-order valence-corrected chi connectivity index (χ3v) is 3.35. The van der Waals surface area contributed by atoms with Crippen LogP contribution in [0.4, 0.5) is 0 Å². The first-order chi connectivity index (χ1) is 8.61. The Balaban J connectivity index is 2.41. The second-order valence-electron chi connectivity index (χ2n) is 4.48. The third kappa shape index (κ3) is 2.71. The van der Waals surface area contributed by atoms with Crippen LogP contribution < -0.4 is 5.32 Å². The van der Waals surface area contributed by atoms with Crippen LogP contribution in [0.2, 0.25) is 5.02 Å². The summed E-state index contributed by atoms with van der Waals surface area (Å²) in [5.74, 6) is 0. The average Bonchev–Trinajstić information content (AvgIpc) is 2.35. The van der Waals surface area contributed by atoms with Gasteiger partial charge in [0, 0.05) is 16.9 Å². The smallest absolute Gasteiger partial charge is 0.0604 e. The summed E-state index contributed by atoms with van der Waals surface area (Å²) in [7, 11) is 1.93. The Kier molecular flexibility index (Phi) is 4.00. The molecule has 0 aliphatic rings. The second kappa shape index (κ2) is 5.51. The van der Waals surface area contributed by atoms with Gasteiger partial charge in [-0.05, 0) is 49.7 Å². The van der Waals surface area contributed by atoms with Gasteiger partial charge in [0.15, 0.2) is 0 Å². The zero-order chi connectivity index (χ0) is 13.1. The molecule has 2 rings (SSSR count). The second-order valence-corrected chi connectivity index (χ2v) is 4.89. The molecule has 1 unspecified atom stereocenters. The molecule has 1 N–H and O–H groups in total. The molecule has 0 spiro atoms. The topological polar surface area (TPSA) is 24.9 Å². The van der Waals surface area contributed by atoms with Crippen molar-refractivity contribution in [1.82, 2.24) is 10.3 Å². The van der Waals surface area contributed by atoms with E-state index in [0.29, 0.717) is 0 Å². The third-order valence-electron chi connectivity index (χ3n) is 3.02. The summed E-state index contributed by atoms with van der Waals surface area (Å²) >= 11 is 6.32. The largest absolute Gasteiger partial charge is 0.309 e. The van der Waals surface area contributed by atoms with E-state index < -0.39 is 0 Å². The van der Waals surface area contributed by atoms with E-state index in [1.165, 1.54) is 5.56 Å². The van der Waals surface area contributed by atoms with Crippen molar-refractivity contribution in [2.75, 3.05) is 7.05 Å². The quantitative estimate of drug-likeness (QED) is 0.911. The predicted octanol–water partition coefficient (Wildman–Crippen LogP) is 3.66. The van der Waals surface area contributed by atoms with Crippen LogP contribution in [0.25, 0.3) is 0 Å². The fraction of sp³-hybridized carbons (Fsp3) is 0.267. The van der Waals surface area contributed by atoms with Gasteiger partial charge in [0.05, 0.1) is 6.04 Å². The Morgan fingerprint density at radius 1 is 1.17 bits per heavy atom. The first-order valence-corrected chi connectivity index (χ1v) is 6.35. The number of nitrogens with one attached hydrogen (secondary N) is 1. The molecule has 3 heteroatoms. The van der Waals surface area contributed by atoms with E-state index in [-0.39, 0.29) is 6.04 Å². The van der Waals surface area contributed by atoms with E-state index in [2.05, 4.69) is 28.5 Å². The summed E-state index contributed by atoms with van der Waals surface area (Å²) < 4.78 is 0. The number of pyridine rings is 1. The van der Waals surface area contributed by atoms with E-state index in [4.69, 9.17) is 11.6 Å². The van der Waals surface area contributed by atoms with Crippen molar-refractivity contribution in [3.8, 4) is 0 Å². The van der Waals surface area contributed by atoms with Gasteiger partial charge in [-0.25, -0.2) is 0 Å². The van der Waals surface area contributed by atoms with Crippen molar-refractivity contribution in [2.45, 2.75) is 19.9 Å². The number of halogens is 1. The minimum Gasteiger partial charge on any atom is -0.309 e. The number of hydrogen-bond donors (Lipinski definition) is 1. The van der Waals surface area contributed by atoms with Crippen LogP contribution in [0.15, 0.2) is 36.5 Å². The predicted molar refractivity (Wildman–Crippen MR) is 76.1 cm³/mol. The Morgan fingerprint density at radius 2 is 1.94 bits per heavy atom. The molecule has 2 nitrogen and oxygen atoms in total. The van der Waals surface area contributed by atoms with Crippen molar-refractivity contribution >= 4 is 11.6 Å². The molecular formula is C15H17ClN2. The van der Waals surface area contributed by atoms with Gasteiger partial charge in [0.1, 0.15) is 0 Å². The number of hydrogen-bond acceptors (Lipinski definition) is 2. The van der Waals surface area contributed by atoms with Crippen LogP contribution in [0.3, 0.4) is 0 Å². The van der Waals surface area contributed by atoms with Crippen molar-refractivity contribution in [1.29, 1.82) is 0 Å². The maximum Gasteiger partial charge on any atom is 0.0604 e. The minimum absolute atomic E-state index is 0.0752. The summed E-state index contributed by atoms with van der Waals surface area (Å²) in [5, 5.41) is 4.08. The molecule has 0 saturated heterocycles. The van der Waals surface area contributed by atoms with Crippen LogP contribution in [0.5, 0.6) is 0 Å². The Bertz CT molecular complexity index is 535. The molecule has 0 radical (unpaired) electrons. The summed E-state index contributed by atoms with van der Waals surface area (Å²) in [6, 6.07) is 10.3. The molecule has 0 fully saturated rings. The Morgan fingerprint density at radius 3 is 2.50 bits per heavy atom. The molecule has 0 aliphatic heterocycles. The number of rotatable bonds is 3. The fourth-order valence-corrected chi connectivity index (χ4v) is 2.36. The maximum absolute atomic E-state index is 6.32. The molecule has 0 amide bonds. The highest BCUT2D eigenvalue weighted by Gasteiger charge is 2.15. The highest BCUT2D eigenvalue weighted by atomic mass is 35.5. The van der Waals surface area contributed by atoms with Gasteiger partial charge in [0.2, 0.25) is 0 Å². The van der Waals surface area contributed by atoms with Crippen LogP contribution in [-0.2, 0) is 0 Å². The molecule has 1 aromatic carbocycles. The zero-order valence-corrected chi connectivity index (χ0v) is 11.6. The highest BCUT2D eigenvalue weighted by molar-refractivity contribution is 6.31. The molecule has 1 aromatic heterocycles. The monoisotopic (exact) mass is 260 g/mol. The standard InChI is InChI=1S/C15H17ClN2/c1-10-4-7-13(14(16)8-10)15(17-3)12-6-5-11(2)18-9-12/h4-9,15,17H,1-3H3. The van der Waals surface area contributed by atoms with Gasteiger partial charge in [-0.1, -0.05) is 29.8 Å². The van der Waals surface area contributed by atoms with Crippen molar-refractivity contribution in [3.63, 3.8) is 0 Å². The van der Waals surface area contributed by atoms with E-state index in [1.807, 2.05) is 39.2 Å². The Hall–Kier alpha value is -1.38. The molecule has 0 aliphatic carbocycles. The molecule has 94 valence electrons. The van der Waals surface area contributed by atoms with Gasteiger partial charge in [-0.2, -0.15) is 0 Å². The van der Waals surface area contributed by atoms with Crippen molar-refractivity contribution in [3.05, 3.63) is 63.9 Å². The zero-order valence-electron chi connectivity index (χ0n) is 10.9. The van der Waals surface area contributed by atoms with Crippen LogP contribution >= 0.6 is 11.6 Å². The number of benzene rings is 1. The lowest BCUT2D eigenvalue weighted by molar-refractivity contribution is 0.688. The first-order valence-electron chi connectivity index (χ1n) is 5.97. The minimum atomic E-state index is 0.0752. The number of aromatic nitrogens is 1. The van der Waals surface area contributed by atoms with E-state index >= 15 is 0 Å². The SMILES string of the molecule is CNC(c1ccc(C)nc1)c1ccc(C)cc1Cl. The molecule has 0 saturated carbocycles. The van der Waals surface area contributed by atoms with Crippen LogP contribution in [0.1, 0.15) is 28.4 Å². The molecule has 1 heterocycles. The van der Waals surface area contributed by atoms with E-state index in [0.717, 1.165) is 21.8 Å². The lowest BCUT2D eigenvalue weighted by Gasteiger charge is -2.18. The fourth-order valence-electron chi connectivity index (χ4n) is 2.02. The molecule has 2 aromatic rings. The normalized spacial score (nSPS) is 12.4. The van der Waals surface area contributed by atoms with E-state index in [9.17, 15) is 0 Å². The average molecular weight is 261 g/mol. The van der Waals surface area contributed by atoms with Crippen LogP contribution in [0, 0.1) is 13.8 Å². The van der Waals surface area contributed by atoms with Crippen molar-refractivity contribution in [2.24, 2.45) is 0 Å².